The van der Waals surface area contributed by atoms with Crippen LogP contribution < -0.4 is 10.4 Å². The molecule has 0 atom stereocenters. The Bertz CT molecular complexity index is 337. The highest BCUT2D eigenvalue weighted by molar-refractivity contribution is 6.24. The summed E-state index contributed by atoms with van der Waals surface area (Å²) in [4.78, 5) is 0. The molecule has 78 valence electrons. The van der Waals surface area contributed by atoms with Gasteiger partial charge in [0.1, 0.15) is 11.5 Å². The van der Waals surface area contributed by atoms with Crippen LogP contribution in [0, 0.1) is 5.82 Å². The Kier molecular flexibility index (Phi) is 2.86. The molecule has 2 N–H and O–H groups in total. The molecule has 1 aromatic carbocycles. The minimum atomic E-state index is -4.58. The molecular weight excluding hydrogens is 224 g/mol. The molecule has 0 bridgehead atoms. The fourth-order valence-corrected chi connectivity index (χ4v) is 0.994. The topological polar surface area (TPSA) is 29.3 Å². The van der Waals surface area contributed by atoms with E-state index >= 15 is 0 Å². The van der Waals surface area contributed by atoms with Crippen LogP contribution in [0.25, 0.3) is 0 Å². The van der Waals surface area contributed by atoms with Gasteiger partial charge in [0.25, 0.3) is 0 Å². The first-order valence-electron chi connectivity index (χ1n) is 3.39. The molecule has 0 aliphatic carbocycles. The zero-order valence-electron chi connectivity index (χ0n) is 6.65. The lowest BCUT2D eigenvalue weighted by molar-refractivity contribution is -0.137. The van der Waals surface area contributed by atoms with Crippen LogP contribution >= 0.6 is 11.8 Å². The maximum Gasteiger partial charge on any atom is 0.416 e. The summed E-state index contributed by atoms with van der Waals surface area (Å²) >= 11 is 5.16. The largest absolute Gasteiger partial charge is 0.416 e. The van der Waals surface area contributed by atoms with Crippen molar-refractivity contribution in [2.75, 3.05) is 4.53 Å². The Morgan fingerprint density at radius 2 is 1.86 bits per heavy atom. The van der Waals surface area contributed by atoms with E-state index < -0.39 is 17.6 Å². The van der Waals surface area contributed by atoms with Crippen molar-refractivity contribution >= 4 is 17.5 Å². The van der Waals surface area contributed by atoms with Crippen molar-refractivity contribution in [1.29, 1.82) is 0 Å². The van der Waals surface area contributed by atoms with Gasteiger partial charge in [-0.2, -0.15) is 13.2 Å². The molecule has 0 aromatic heterocycles. The molecule has 0 saturated heterocycles. The van der Waals surface area contributed by atoms with Crippen molar-refractivity contribution < 1.29 is 17.6 Å². The fraction of sp³-hybridized carbons (Fsp3) is 0.143. The molecule has 0 aliphatic heterocycles. The molecule has 14 heavy (non-hydrogen) atoms. The van der Waals surface area contributed by atoms with Gasteiger partial charge in [-0.05, 0) is 18.2 Å². The Labute approximate surface area is 81.9 Å². The molecule has 0 radical (unpaired) electrons. The van der Waals surface area contributed by atoms with Crippen LogP contribution in [-0.2, 0) is 6.18 Å². The van der Waals surface area contributed by atoms with Gasteiger partial charge in [-0.1, -0.05) is 0 Å². The summed E-state index contributed by atoms with van der Waals surface area (Å²) in [6.45, 7) is 0. The summed E-state index contributed by atoms with van der Waals surface area (Å²) < 4.78 is 49.5. The van der Waals surface area contributed by atoms with Crippen LogP contribution in [0.1, 0.15) is 5.56 Å². The van der Waals surface area contributed by atoms with Crippen LogP contribution in [0.4, 0.5) is 23.2 Å². The van der Waals surface area contributed by atoms with Crippen LogP contribution in [0.15, 0.2) is 18.2 Å². The van der Waals surface area contributed by atoms with Crippen molar-refractivity contribution in [1.82, 2.24) is 0 Å². The zero-order chi connectivity index (χ0) is 10.9. The third-order valence-corrected chi connectivity index (χ3v) is 1.69. The predicted octanol–water partition coefficient (Wildman–Crippen LogP) is 2.68. The second-order valence-corrected chi connectivity index (χ2v) is 2.84. The molecule has 0 fully saturated rings. The third kappa shape index (κ3) is 2.27. The summed E-state index contributed by atoms with van der Waals surface area (Å²) in [5.74, 6) is 3.82. The van der Waals surface area contributed by atoms with Crippen LogP contribution in [0.3, 0.4) is 0 Å². The van der Waals surface area contributed by atoms with E-state index in [0.29, 0.717) is 16.7 Å². The Hall–Kier alpha value is -1.01. The highest BCUT2D eigenvalue weighted by Crippen LogP contribution is 2.31. The maximum atomic E-state index is 12.9. The highest BCUT2D eigenvalue weighted by Gasteiger charge is 2.31. The summed E-state index contributed by atoms with van der Waals surface area (Å²) in [6.07, 6.45) is -4.58. The Morgan fingerprint density at radius 1 is 1.29 bits per heavy atom. The lowest BCUT2D eigenvalue weighted by atomic mass is 10.2. The lowest BCUT2D eigenvalue weighted by Gasteiger charge is -2.12. The minimum absolute atomic E-state index is 0.320. The number of nitrogens with zero attached hydrogens (tertiary/aromatic N) is 1. The average Bonchev–Trinajstić information content (AvgIpc) is 2.01. The molecule has 0 unspecified atom stereocenters. The SMILES string of the molecule is NN(Cl)c1ccc(C(F)(F)F)cc1F. The van der Waals surface area contributed by atoms with E-state index in [1.54, 1.807) is 0 Å². The second kappa shape index (κ2) is 3.62. The molecule has 1 rings (SSSR count). The lowest BCUT2D eigenvalue weighted by Crippen LogP contribution is -2.20. The number of nitrogens with two attached hydrogens (primary N) is 1. The van der Waals surface area contributed by atoms with E-state index in [1.807, 2.05) is 0 Å². The molecule has 7 heteroatoms. The number of halogens is 5. The van der Waals surface area contributed by atoms with Gasteiger partial charge in [-0.15, -0.1) is 0 Å². The molecule has 0 saturated carbocycles. The normalized spacial score (nSPS) is 11.6. The number of alkyl halides is 3. The van der Waals surface area contributed by atoms with Gasteiger partial charge < -0.3 is 0 Å². The smallest absolute Gasteiger partial charge is 0.232 e. The van der Waals surface area contributed by atoms with Crippen molar-refractivity contribution in [3.05, 3.63) is 29.6 Å². The molecule has 0 heterocycles. The summed E-state index contributed by atoms with van der Waals surface area (Å²) in [6, 6.07) is 1.88. The Balaban J connectivity index is 3.13. The second-order valence-electron chi connectivity index (χ2n) is 2.48. The van der Waals surface area contributed by atoms with Gasteiger partial charge >= 0.3 is 6.18 Å². The summed E-state index contributed by atoms with van der Waals surface area (Å²) in [5.41, 5.74) is -1.41. The number of rotatable bonds is 1. The molecule has 0 amide bonds. The number of benzene rings is 1. The first-order valence-corrected chi connectivity index (χ1v) is 3.73. The van der Waals surface area contributed by atoms with E-state index in [0.717, 1.165) is 6.07 Å². The summed E-state index contributed by atoms with van der Waals surface area (Å²) in [7, 11) is 0. The monoisotopic (exact) mass is 228 g/mol. The number of hydrazine groups is 1. The zero-order valence-corrected chi connectivity index (χ0v) is 7.40. The third-order valence-electron chi connectivity index (χ3n) is 1.51. The minimum Gasteiger partial charge on any atom is -0.232 e. The maximum absolute atomic E-state index is 12.9. The predicted molar refractivity (Wildman–Crippen MR) is 43.9 cm³/mol. The number of anilines is 1. The standard InChI is InChI=1S/C7H5ClF4N2/c8-14(13)6-2-1-4(3-5(6)9)7(10,11)12/h1-3H,13H2. The van der Waals surface area contributed by atoms with Gasteiger partial charge in [-0.25, -0.2) is 14.8 Å². The van der Waals surface area contributed by atoms with E-state index in [9.17, 15) is 17.6 Å². The van der Waals surface area contributed by atoms with E-state index in [4.69, 9.17) is 17.6 Å². The van der Waals surface area contributed by atoms with Gasteiger partial charge in [0.05, 0.1) is 5.56 Å². The van der Waals surface area contributed by atoms with Crippen LogP contribution in [0.2, 0.25) is 0 Å². The number of hydrogen-bond donors (Lipinski definition) is 1. The average molecular weight is 229 g/mol. The molecule has 0 aliphatic rings. The first-order chi connectivity index (χ1) is 6.32. The van der Waals surface area contributed by atoms with Gasteiger partial charge in [0, 0.05) is 11.8 Å². The van der Waals surface area contributed by atoms with Crippen molar-refractivity contribution in [3.63, 3.8) is 0 Å². The summed E-state index contributed by atoms with van der Waals surface area (Å²) in [5, 5.41) is 0. The molecule has 0 spiro atoms. The van der Waals surface area contributed by atoms with Crippen molar-refractivity contribution in [2.45, 2.75) is 6.18 Å². The van der Waals surface area contributed by atoms with Gasteiger partial charge in [-0.3, -0.25) is 0 Å². The van der Waals surface area contributed by atoms with Crippen molar-refractivity contribution in [3.8, 4) is 0 Å². The van der Waals surface area contributed by atoms with E-state index in [2.05, 4.69) is 0 Å². The van der Waals surface area contributed by atoms with E-state index in [1.165, 1.54) is 0 Å². The van der Waals surface area contributed by atoms with Gasteiger partial charge in [0.15, 0.2) is 0 Å². The van der Waals surface area contributed by atoms with Crippen molar-refractivity contribution in [2.24, 2.45) is 5.84 Å². The quantitative estimate of drug-likeness (QED) is 0.347. The fourth-order valence-electron chi connectivity index (χ4n) is 0.856. The Morgan fingerprint density at radius 3 is 2.21 bits per heavy atom. The first kappa shape index (κ1) is 11.1. The van der Waals surface area contributed by atoms with Gasteiger partial charge in [0.2, 0.25) is 0 Å². The van der Waals surface area contributed by atoms with E-state index in [-0.39, 0.29) is 5.69 Å². The number of hydrogen-bond acceptors (Lipinski definition) is 2. The molecular formula is C7H5ClF4N2. The molecule has 1 aromatic rings. The molecule has 2 nitrogen and oxygen atoms in total. The highest BCUT2D eigenvalue weighted by atomic mass is 35.5. The van der Waals surface area contributed by atoms with Crippen LogP contribution in [0.5, 0.6) is 0 Å². The van der Waals surface area contributed by atoms with Crippen LogP contribution in [-0.4, -0.2) is 0 Å².